The summed E-state index contributed by atoms with van der Waals surface area (Å²) >= 11 is 0. The van der Waals surface area contributed by atoms with E-state index >= 15 is 0 Å². The maximum atomic E-state index is 5.37. The van der Waals surface area contributed by atoms with Gasteiger partial charge >= 0.3 is 0 Å². The Balaban J connectivity index is 1.71. The van der Waals surface area contributed by atoms with Crippen molar-refractivity contribution in [1.82, 2.24) is 4.90 Å². The molecule has 0 N–H and O–H groups in total. The van der Waals surface area contributed by atoms with Gasteiger partial charge in [0.1, 0.15) is 0 Å². The number of rotatable bonds is 2. The van der Waals surface area contributed by atoms with Gasteiger partial charge in [0.25, 0.3) is 0 Å². The second kappa shape index (κ2) is 4.43. The van der Waals surface area contributed by atoms with E-state index in [0.717, 1.165) is 25.0 Å². The fraction of sp³-hybridized carbons (Fsp3) is 1.00. The number of hydrogen-bond acceptors (Lipinski definition) is 2. The van der Waals surface area contributed by atoms with E-state index in [-0.39, 0.29) is 0 Å². The van der Waals surface area contributed by atoms with Gasteiger partial charge in [-0.05, 0) is 37.6 Å². The van der Waals surface area contributed by atoms with Gasteiger partial charge < -0.3 is 9.64 Å². The van der Waals surface area contributed by atoms with Crippen molar-refractivity contribution in [3.05, 3.63) is 0 Å². The summed E-state index contributed by atoms with van der Waals surface area (Å²) in [7, 11) is 0. The molecule has 76 valence electrons. The van der Waals surface area contributed by atoms with Crippen LogP contribution in [-0.4, -0.2) is 37.7 Å². The Labute approximate surface area is 81.3 Å². The fourth-order valence-electron chi connectivity index (χ4n) is 2.49. The van der Waals surface area contributed by atoms with Crippen LogP contribution in [0.25, 0.3) is 0 Å². The van der Waals surface area contributed by atoms with Crippen LogP contribution in [0.2, 0.25) is 0 Å². The highest BCUT2D eigenvalue weighted by Gasteiger charge is 2.22. The maximum absolute atomic E-state index is 5.37. The van der Waals surface area contributed by atoms with E-state index < -0.39 is 0 Å². The quantitative estimate of drug-likeness (QED) is 0.647. The van der Waals surface area contributed by atoms with E-state index in [9.17, 15) is 0 Å². The number of hydrogen-bond donors (Lipinski definition) is 0. The van der Waals surface area contributed by atoms with Crippen molar-refractivity contribution in [2.45, 2.75) is 26.2 Å². The third-order valence-corrected chi connectivity index (χ3v) is 3.37. The lowest BCUT2D eigenvalue weighted by Crippen LogP contribution is -2.30. The molecule has 2 heteroatoms. The molecule has 0 amide bonds. The maximum Gasteiger partial charge on any atom is 0.0469 e. The minimum atomic E-state index is 0.916. The van der Waals surface area contributed by atoms with E-state index in [1.54, 1.807) is 0 Å². The van der Waals surface area contributed by atoms with Crippen LogP contribution >= 0.6 is 0 Å². The van der Waals surface area contributed by atoms with Crippen LogP contribution in [0, 0.1) is 11.8 Å². The first-order valence-electron chi connectivity index (χ1n) is 5.64. The number of likely N-dealkylation sites (tertiary alicyclic amines) is 1. The second-order valence-corrected chi connectivity index (χ2v) is 4.71. The molecule has 0 aromatic rings. The molecule has 0 aromatic carbocycles. The summed E-state index contributed by atoms with van der Waals surface area (Å²) in [6.45, 7) is 8.34. The molecular formula is C11H21NO. The Bertz CT molecular complexity index is 151. The third kappa shape index (κ3) is 2.68. The predicted octanol–water partition coefficient (Wildman–Crippen LogP) is 1.75. The molecule has 0 radical (unpaired) electrons. The predicted molar refractivity (Wildman–Crippen MR) is 53.8 cm³/mol. The zero-order valence-corrected chi connectivity index (χ0v) is 8.67. The van der Waals surface area contributed by atoms with Gasteiger partial charge in [-0.1, -0.05) is 6.92 Å². The van der Waals surface area contributed by atoms with Gasteiger partial charge in [-0.3, -0.25) is 0 Å². The molecule has 2 nitrogen and oxygen atoms in total. The van der Waals surface area contributed by atoms with Gasteiger partial charge in [0.2, 0.25) is 0 Å². The van der Waals surface area contributed by atoms with Crippen LogP contribution in [0.3, 0.4) is 0 Å². The Morgan fingerprint density at radius 1 is 1.23 bits per heavy atom. The van der Waals surface area contributed by atoms with Gasteiger partial charge in [-0.15, -0.1) is 0 Å². The lowest BCUT2D eigenvalue weighted by atomic mass is 10.00. The summed E-state index contributed by atoms with van der Waals surface area (Å²) in [4.78, 5) is 2.64. The molecule has 0 aliphatic carbocycles. The minimum Gasteiger partial charge on any atom is -0.381 e. The lowest BCUT2D eigenvalue weighted by Gasteiger charge is -2.26. The highest BCUT2D eigenvalue weighted by atomic mass is 16.5. The van der Waals surface area contributed by atoms with Crippen molar-refractivity contribution < 1.29 is 4.74 Å². The molecule has 0 bridgehead atoms. The second-order valence-electron chi connectivity index (χ2n) is 4.71. The van der Waals surface area contributed by atoms with E-state index in [1.807, 2.05) is 0 Å². The van der Waals surface area contributed by atoms with E-state index in [1.165, 1.54) is 38.9 Å². The number of ether oxygens (including phenoxy) is 1. The van der Waals surface area contributed by atoms with Crippen LogP contribution in [0.15, 0.2) is 0 Å². The normalized spacial score (nSPS) is 32.5. The summed E-state index contributed by atoms with van der Waals surface area (Å²) in [6.07, 6.45) is 3.97. The van der Waals surface area contributed by atoms with E-state index in [0.29, 0.717) is 0 Å². The van der Waals surface area contributed by atoms with Crippen molar-refractivity contribution in [2.24, 2.45) is 11.8 Å². The summed E-state index contributed by atoms with van der Waals surface area (Å²) in [6, 6.07) is 0. The van der Waals surface area contributed by atoms with Crippen LogP contribution in [0.4, 0.5) is 0 Å². The molecular weight excluding hydrogens is 162 g/mol. The Hall–Kier alpha value is -0.0800. The summed E-state index contributed by atoms with van der Waals surface area (Å²) < 4.78 is 5.37. The first-order valence-corrected chi connectivity index (χ1v) is 5.64. The van der Waals surface area contributed by atoms with E-state index in [4.69, 9.17) is 4.74 Å². The molecule has 2 rings (SSSR count). The van der Waals surface area contributed by atoms with Gasteiger partial charge in [0.05, 0.1) is 0 Å². The molecule has 0 spiro atoms. The van der Waals surface area contributed by atoms with Crippen LogP contribution in [0.5, 0.6) is 0 Å². The van der Waals surface area contributed by atoms with Crippen molar-refractivity contribution in [2.75, 3.05) is 32.8 Å². The highest BCUT2D eigenvalue weighted by Crippen LogP contribution is 2.21. The largest absolute Gasteiger partial charge is 0.381 e. The van der Waals surface area contributed by atoms with Gasteiger partial charge in [0, 0.05) is 26.3 Å². The molecule has 1 atom stereocenters. The minimum absolute atomic E-state index is 0.916. The standard InChI is InChI=1S/C11H21NO/c1-10-2-5-12(8-10)9-11-3-6-13-7-4-11/h10-11H,2-9H2,1H3. The first-order chi connectivity index (χ1) is 6.34. The Morgan fingerprint density at radius 2 is 2.00 bits per heavy atom. The summed E-state index contributed by atoms with van der Waals surface area (Å²) in [5.41, 5.74) is 0. The molecule has 2 fully saturated rings. The van der Waals surface area contributed by atoms with Crippen LogP contribution in [-0.2, 0) is 4.74 Å². The molecule has 2 saturated heterocycles. The topological polar surface area (TPSA) is 12.5 Å². The molecule has 2 heterocycles. The molecule has 0 saturated carbocycles. The fourth-order valence-corrected chi connectivity index (χ4v) is 2.49. The zero-order chi connectivity index (χ0) is 9.10. The van der Waals surface area contributed by atoms with Crippen molar-refractivity contribution in [3.8, 4) is 0 Å². The molecule has 1 unspecified atom stereocenters. The smallest absolute Gasteiger partial charge is 0.0469 e. The Morgan fingerprint density at radius 3 is 2.62 bits per heavy atom. The van der Waals surface area contributed by atoms with Crippen molar-refractivity contribution >= 4 is 0 Å². The average Bonchev–Trinajstić information content (AvgIpc) is 2.53. The van der Waals surface area contributed by atoms with Crippen LogP contribution in [0.1, 0.15) is 26.2 Å². The molecule has 13 heavy (non-hydrogen) atoms. The molecule has 2 aliphatic rings. The van der Waals surface area contributed by atoms with E-state index in [2.05, 4.69) is 11.8 Å². The highest BCUT2D eigenvalue weighted by molar-refractivity contribution is 4.76. The third-order valence-electron chi connectivity index (χ3n) is 3.37. The summed E-state index contributed by atoms with van der Waals surface area (Å²) in [5, 5.41) is 0. The molecule has 2 aliphatic heterocycles. The van der Waals surface area contributed by atoms with Crippen molar-refractivity contribution in [1.29, 1.82) is 0 Å². The van der Waals surface area contributed by atoms with Gasteiger partial charge in [0.15, 0.2) is 0 Å². The molecule has 0 aromatic heterocycles. The van der Waals surface area contributed by atoms with Gasteiger partial charge in [-0.2, -0.15) is 0 Å². The average molecular weight is 183 g/mol. The SMILES string of the molecule is CC1CCN(CC2CCOCC2)C1. The first kappa shape index (κ1) is 9.47. The summed E-state index contributed by atoms with van der Waals surface area (Å²) in [5.74, 6) is 1.85. The lowest BCUT2D eigenvalue weighted by molar-refractivity contribution is 0.0552. The monoisotopic (exact) mass is 183 g/mol. The zero-order valence-electron chi connectivity index (χ0n) is 8.67. The Kier molecular flexibility index (Phi) is 3.23. The van der Waals surface area contributed by atoms with Gasteiger partial charge in [-0.25, -0.2) is 0 Å². The van der Waals surface area contributed by atoms with Crippen molar-refractivity contribution in [3.63, 3.8) is 0 Å². The number of nitrogens with zero attached hydrogens (tertiary/aromatic N) is 1. The van der Waals surface area contributed by atoms with Crippen LogP contribution < -0.4 is 0 Å².